The van der Waals surface area contributed by atoms with Crippen molar-refractivity contribution in [3.63, 3.8) is 0 Å². The zero-order valence-corrected chi connectivity index (χ0v) is 23.1. The standard InChI is InChI=1S/C28H29ClFN3O5S/c1-16(2)11-25-22-15-23(30)26(14-19(22)7-9-33(25)28(35)36)32-10-8-24(27(32)34)31-39(37,38)21-6-4-17-12-20(29)5-3-18(17)13-21/h3-6,12-16,24-25,31H,7-11H2,1-2H3,(H,35,36). The van der Waals surface area contributed by atoms with Crippen molar-refractivity contribution in [2.24, 2.45) is 5.92 Å². The zero-order valence-electron chi connectivity index (χ0n) is 21.5. The van der Waals surface area contributed by atoms with E-state index in [9.17, 15) is 23.1 Å². The van der Waals surface area contributed by atoms with Gasteiger partial charge in [0.2, 0.25) is 15.9 Å². The third-order valence-electron chi connectivity index (χ3n) is 7.38. The van der Waals surface area contributed by atoms with Crippen LogP contribution in [0.15, 0.2) is 53.4 Å². The van der Waals surface area contributed by atoms with Crippen LogP contribution >= 0.6 is 11.6 Å². The van der Waals surface area contributed by atoms with E-state index in [1.165, 1.54) is 28.0 Å². The van der Waals surface area contributed by atoms with Crippen LogP contribution in [0.3, 0.4) is 0 Å². The first-order valence-electron chi connectivity index (χ1n) is 12.8. The normalized spacial score (nSPS) is 19.7. The molecule has 3 aromatic rings. The number of benzene rings is 3. The van der Waals surface area contributed by atoms with Gasteiger partial charge in [0, 0.05) is 18.1 Å². The van der Waals surface area contributed by atoms with Gasteiger partial charge in [-0.15, -0.1) is 0 Å². The number of carbonyl (C=O) groups is 2. The molecule has 8 nitrogen and oxygen atoms in total. The van der Waals surface area contributed by atoms with Crippen molar-refractivity contribution < 1.29 is 27.5 Å². The highest BCUT2D eigenvalue weighted by Gasteiger charge is 2.38. The smallest absolute Gasteiger partial charge is 0.407 e. The molecule has 1 saturated heterocycles. The van der Waals surface area contributed by atoms with Crippen LogP contribution in [0.1, 0.15) is 43.9 Å². The van der Waals surface area contributed by atoms with Gasteiger partial charge in [-0.2, -0.15) is 4.72 Å². The molecule has 0 aromatic heterocycles. The van der Waals surface area contributed by atoms with Crippen LogP contribution in [-0.2, 0) is 21.2 Å². The van der Waals surface area contributed by atoms with Crippen LogP contribution < -0.4 is 9.62 Å². The Morgan fingerprint density at radius 1 is 1.13 bits per heavy atom. The highest BCUT2D eigenvalue weighted by molar-refractivity contribution is 7.89. The number of carbonyl (C=O) groups excluding carboxylic acids is 1. The average Bonchev–Trinajstić information content (AvgIpc) is 3.22. The van der Waals surface area contributed by atoms with Crippen LogP contribution in [0.4, 0.5) is 14.9 Å². The molecule has 0 aliphatic carbocycles. The maximum absolute atomic E-state index is 15.4. The number of carboxylic acid groups (broad SMARTS) is 1. The van der Waals surface area contributed by atoms with E-state index in [-0.39, 0.29) is 36.0 Å². The summed E-state index contributed by atoms with van der Waals surface area (Å²) in [6.07, 6.45) is 0.0812. The summed E-state index contributed by atoms with van der Waals surface area (Å²) in [5, 5.41) is 11.7. The number of anilines is 1. The Morgan fingerprint density at radius 3 is 2.56 bits per heavy atom. The summed E-state index contributed by atoms with van der Waals surface area (Å²) in [6.45, 7) is 4.39. The fourth-order valence-electron chi connectivity index (χ4n) is 5.49. The molecular weight excluding hydrogens is 545 g/mol. The van der Waals surface area contributed by atoms with Crippen molar-refractivity contribution in [2.45, 2.75) is 50.1 Å². The number of hydrogen-bond donors (Lipinski definition) is 2. The predicted octanol–water partition coefficient (Wildman–Crippen LogP) is 5.34. The molecule has 2 unspecified atom stereocenters. The van der Waals surface area contributed by atoms with E-state index >= 15 is 4.39 Å². The summed E-state index contributed by atoms with van der Waals surface area (Å²) in [7, 11) is -4.03. The predicted molar refractivity (Wildman–Crippen MR) is 147 cm³/mol. The number of hydrogen-bond acceptors (Lipinski definition) is 4. The maximum atomic E-state index is 15.4. The van der Waals surface area contributed by atoms with Crippen molar-refractivity contribution in [3.05, 3.63) is 70.5 Å². The van der Waals surface area contributed by atoms with E-state index in [1.54, 1.807) is 30.3 Å². The van der Waals surface area contributed by atoms with Crippen molar-refractivity contribution in [1.29, 1.82) is 0 Å². The van der Waals surface area contributed by atoms with Gasteiger partial charge in [-0.25, -0.2) is 17.6 Å². The van der Waals surface area contributed by atoms with Crippen LogP contribution in [-0.4, -0.2) is 49.6 Å². The molecule has 11 heteroatoms. The highest BCUT2D eigenvalue weighted by atomic mass is 35.5. The highest BCUT2D eigenvalue weighted by Crippen LogP contribution is 2.38. The van der Waals surface area contributed by atoms with Gasteiger partial charge in [-0.05, 0) is 83.5 Å². The number of nitrogens with zero attached hydrogens (tertiary/aromatic N) is 2. The summed E-state index contributed by atoms with van der Waals surface area (Å²) in [6, 6.07) is 11.2. The SMILES string of the molecule is CC(C)CC1c2cc(F)c(N3CCC(NS(=O)(=O)c4ccc5cc(Cl)ccc5c4)C3=O)cc2CCN1C(=O)O. The second-order valence-corrected chi connectivity index (χ2v) is 12.6. The molecule has 3 aromatic carbocycles. The fraction of sp³-hybridized carbons (Fsp3) is 0.357. The van der Waals surface area contributed by atoms with Crippen LogP contribution in [0.2, 0.25) is 5.02 Å². The molecule has 39 heavy (non-hydrogen) atoms. The van der Waals surface area contributed by atoms with Gasteiger partial charge in [0.15, 0.2) is 0 Å². The largest absolute Gasteiger partial charge is 0.465 e. The lowest BCUT2D eigenvalue weighted by Gasteiger charge is -2.37. The van der Waals surface area contributed by atoms with Crippen LogP contribution in [0, 0.1) is 11.7 Å². The Bertz CT molecular complexity index is 1580. The van der Waals surface area contributed by atoms with Gasteiger partial charge >= 0.3 is 6.09 Å². The second-order valence-electron chi connectivity index (χ2n) is 10.5. The Morgan fingerprint density at radius 2 is 1.85 bits per heavy atom. The number of halogens is 2. The van der Waals surface area contributed by atoms with E-state index in [4.69, 9.17) is 11.6 Å². The van der Waals surface area contributed by atoms with Gasteiger partial charge in [0.25, 0.3) is 0 Å². The van der Waals surface area contributed by atoms with Crippen molar-refractivity contribution in [2.75, 3.05) is 18.0 Å². The van der Waals surface area contributed by atoms with E-state index in [1.807, 2.05) is 13.8 Å². The van der Waals surface area contributed by atoms with Crippen LogP contribution in [0.25, 0.3) is 10.8 Å². The maximum Gasteiger partial charge on any atom is 0.407 e. The first kappa shape index (κ1) is 27.4. The molecule has 1 fully saturated rings. The molecule has 0 saturated carbocycles. The summed E-state index contributed by atoms with van der Waals surface area (Å²) >= 11 is 6.01. The topological polar surface area (TPSA) is 107 Å². The molecule has 2 amide bonds. The van der Waals surface area contributed by atoms with Crippen molar-refractivity contribution in [3.8, 4) is 0 Å². The van der Waals surface area contributed by atoms with E-state index in [0.717, 1.165) is 10.9 Å². The van der Waals surface area contributed by atoms with E-state index in [2.05, 4.69) is 4.72 Å². The molecule has 2 heterocycles. The lowest BCUT2D eigenvalue weighted by Crippen LogP contribution is -2.42. The molecule has 0 spiro atoms. The van der Waals surface area contributed by atoms with E-state index in [0.29, 0.717) is 28.8 Å². The summed E-state index contributed by atoms with van der Waals surface area (Å²) < 4.78 is 44.2. The third-order valence-corrected chi connectivity index (χ3v) is 9.09. The molecule has 0 radical (unpaired) electrons. The lowest BCUT2D eigenvalue weighted by atomic mass is 9.87. The summed E-state index contributed by atoms with van der Waals surface area (Å²) in [5.74, 6) is -0.980. The Balaban J connectivity index is 1.38. The van der Waals surface area contributed by atoms with Gasteiger partial charge < -0.3 is 14.9 Å². The Kier molecular flexibility index (Phi) is 7.30. The van der Waals surface area contributed by atoms with E-state index < -0.39 is 39.9 Å². The minimum absolute atomic E-state index is 0.0164. The monoisotopic (exact) mass is 573 g/mol. The van der Waals surface area contributed by atoms with Gasteiger partial charge in [0.05, 0.1) is 16.6 Å². The fourth-order valence-corrected chi connectivity index (χ4v) is 6.93. The molecule has 0 bridgehead atoms. The molecule has 5 rings (SSSR count). The molecule has 2 atom stereocenters. The first-order valence-corrected chi connectivity index (χ1v) is 14.7. The molecule has 2 aliphatic heterocycles. The first-order chi connectivity index (χ1) is 18.4. The quantitative estimate of drug-likeness (QED) is 0.414. The van der Waals surface area contributed by atoms with Crippen LogP contribution in [0.5, 0.6) is 0 Å². The number of fused-ring (bicyclic) bond motifs is 2. The molecular formula is C28H29ClFN3O5S. The minimum Gasteiger partial charge on any atom is -0.465 e. The number of nitrogens with one attached hydrogen (secondary N) is 1. The third kappa shape index (κ3) is 5.33. The zero-order chi connectivity index (χ0) is 28.1. The Labute approximate surface area is 231 Å². The molecule has 2 N–H and O–H groups in total. The number of sulfonamides is 1. The summed E-state index contributed by atoms with van der Waals surface area (Å²) in [5.41, 5.74) is 1.48. The molecule has 206 valence electrons. The average molecular weight is 574 g/mol. The number of amides is 2. The van der Waals surface area contributed by atoms with Gasteiger partial charge in [-0.3, -0.25) is 4.79 Å². The number of rotatable bonds is 6. The summed E-state index contributed by atoms with van der Waals surface area (Å²) in [4.78, 5) is 27.7. The minimum atomic E-state index is -4.03. The van der Waals surface area contributed by atoms with Crippen molar-refractivity contribution >= 4 is 50.1 Å². The lowest BCUT2D eigenvalue weighted by molar-refractivity contribution is -0.118. The van der Waals surface area contributed by atoms with Gasteiger partial charge in [-0.1, -0.05) is 37.6 Å². The molecule has 2 aliphatic rings. The van der Waals surface area contributed by atoms with Gasteiger partial charge in [0.1, 0.15) is 11.9 Å². The second kappa shape index (κ2) is 10.4. The Hall–Kier alpha value is -3.21. The van der Waals surface area contributed by atoms with Crippen molar-refractivity contribution in [1.82, 2.24) is 9.62 Å².